The molecule has 0 spiro atoms. The number of aryl methyl sites for hydroxylation is 1. The number of carbonyl (C=O) groups is 1. The third-order valence-electron chi connectivity index (χ3n) is 5.30. The number of anilines is 1. The molecule has 0 atom stereocenters. The van der Waals surface area contributed by atoms with E-state index >= 15 is 0 Å². The van der Waals surface area contributed by atoms with Gasteiger partial charge in [0.25, 0.3) is 0 Å². The number of aromatic nitrogens is 4. The molecule has 0 radical (unpaired) electrons. The van der Waals surface area contributed by atoms with Crippen LogP contribution in [0.2, 0.25) is 0 Å². The van der Waals surface area contributed by atoms with Gasteiger partial charge in [0, 0.05) is 38.3 Å². The molecule has 0 saturated heterocycles. The molecule has 30 heavy (non-hydrogen) atoms. The first kappa shape index (κ1) is 19.8. The number of fused-ring (bicyclic) bond motifs is 3. The van der Waals surface area contributed by atoms with Crippen molar-refractivity contribution in [1.29, 1.82) is 0 Å². The highest BCUT2D eigenvalue weighted by Gasteiger charge is 2.15. The van der Waals surface area contributed by atoms with Crippen molar-refractivity contribution >= 4 is 34.0 Å². The average molecular weight is 406 g/mol. The molecule has 3 heterocycles. The zero-order valence-corrected chi connectivity index (χ0v) is 17.7. The fourth-order valence-electron chi connectivity index (χ4n) is 3.67. The van der Waals surface area contributed by atoms with E-state index in [2.05, 4.69) is 26.3 Å². The number of nitrogens with one attached hydrogen (secondary N) is 2. The second-order valence-corrected chi connectivity index (χ2v) is 7.14. The third kappa shape index (κ3) is 3.45. The van der Waals surface area contributed by atoms with Gasteiger partial charge < -0.3 is 24.5 Å². The number of aromatic amines is 1. The lowest BCUT2D eigenvalue weighted by molar-refractivity contribution is 0.0999. The first-order valence-corrected chi connectivity index (χ1v) is 10.1. The lowest BCUT2D eigenvalue weighted by Gasteiger charge is -2.18. The van der Waals surface area contributed by atoms with Crippen LogP contribution in [0.4, 0.5) is 10.6 Å². The smallest absolute Gasteiger partial charge is 0.410 e. The lowest BCUT2D eigenvalue weighted by Crippen LogP contribution is -2.30. The van der Waals surface area contributed by atoms with E-state index in [-0.39, 0.29) is 12.7 Å². The molecule has 0 fully saturated rings. The van der Waals surface area contributed by atoms with E-state index < -0.39 is 0 Å². The lowest BCUT2D eigenvalue weighted by atomic mass is 10.1. The molecule has 3 aromatic heterocycles. The molecule has 4 rings (SSSR count). The Morgan fingerprint density at radius 1 is 1.27 bits per heavy atom. The van der Waals surface area contributed by atoms with Gasteiger partial charge in [-0.3, -0.25) is 0 Å². The Morgan fingerprint density at radius 2 is 2.07 bits per heavy atom. The monoisotopic (exact) mass is 406 g/mol. The minimum absolute atomic E-state index is 0.234. The largest absolute Gasteiger partial charge is 0.445 e. The highest BCUT2D eigenvalue weighted by Crippen LogP contribution is 2.31. The van der Waals surface area contributed by atoms with E-state index in [9.17, 15) is 4.79 Å². The van der Waals surface area contributed by atoms with E-state index in [1.165, 1.54) is 0 Å². The van der Waals surface area contributed by atoms with Gasteiger partial charge >= 0.3 is 6.09 Å². The van der Waals surface area contributed by atoms with Crippen molar-refractivity contribution in [1.82, 2.24) is 24.4 Å². The fraction of sp³-hybridized carbons (Fsp3) is 0.318. The predicted molar refractivity (Wildman–Crippen MR) is 118 cm³/mol. The van der Waals surface area contributed by atoms with Gasteiger partial charge in [-0.1, -0.05) is 18.2 Å². The summed E-state index contributed by atoms with van der Waals surface area (Å²) in [6, 6.07) is 10.1. The summed E-state index contributed by atoms with van der Waals surface area (Å²) in [5.74, 6) is 0.739. The summed E-state index contributed by atoms with van der Waals surface area (Å²) in [7, 11) is 3.82. The zero-order chi connectivity index (χ0) is 21.3. The zero-order valence-electron chi connectivity index (χ0n) is 17.7. The second-order valence-electron chi connectivity index (χ2n) is 7.14. The number of imidazole rings is 1. The Kier molecular flexibility index (Phi) is 5.31. The maximum Gasteiger partial charge on any atom is 0.410 e. The van der Waals surface area contributed by atoms with Gasteiger partial charge in [-0.2, -0.15) is 0 Å². The summed E-state index contributed by atoms with van der Waals surface area (Å²) in [5.41, 5.74) is 5.55. The molecule has 156 valence electrons. The van der Waals surface area contributed by atoms with Gasteiger partial charge in [-0.15, -0.1) is 0 Å². The van der Waals surface area contributed by atoms with Crippen LogP contribution in [0.3, 0.4) is 0 Å². The van der Waals surface area contributed by atoms with E-state index in [4.69, 9.17) is 4.74 Å². The SMILES string of the molecule is CCN(CC)C(=O)OCc1cccc(-c2cc3c(nc(NC)c4ncn(C)c43)[nH]2)c1. The van der Waals surface area contributed by atoms with Crippen molar-refractivity contribution in [2.24, 2.45) is 7.05 Å². The second kappa shape index (κ2) is 8.06. The molecule has 1 amide bonds. The quantitative estimate of drug-likeness (QED) is 0.502. The van der Waals surface area contributed by atoms with Crippen LogP contribution in [0.5, 0.6) is 0 Å². The molecule has 0 bridgehead atoms. The predicted octanol–water partition coefficient (Wildman–Crippen LogP) is 4.14. The maximum atomic E-state index is 12.1. The highest BCUT2D eigenvalue weighted by molar-refractivity contribution is 6.07. The van der Waals surface area contributed by atoms with Crippen molar-refractivity contribution in [3.63, 3.8) is 0 Å². The van der Waals surface area contributed by atoms with Crippen LogP contribution in [0.1, 0.15) is 19.4 Å². The summed E-state index contributed by atoms with van der Waals surface area (Å²) < 4.78 is 7.46. The Labute approximate surface area is 174 Å². The number of nitrogens with zero attached hydrogens (tertiary/aromatic N) is 4. The van der Waals surface area contributed by atoms with Crippen LogP contribution < -0.4 is 5.32 Å². The summed E-state index contributed by atoms with van der Waals surface area (Å²) in [4.78, 5) is 26.4. The molecular formula is C22H26N6O2. The van der Waals surface area contributed by atoms with Crippen LogP contribution in [0.25, 0.3) is 33.3 Å². The van der Waals surface area contributed by atoms with E-state index in [1.807, 2.05) is 56.8 Å². The van der Waals surface area contributed by atoms with Crippen LogP contribution in [0, 0.1) is 0 Å². The molecule has 8 heteroatoms. The summed E-state index contributed by atoms with van der Waals surface area (Å²) in [5, 5.41) is 4.13. The van der Waals surface area contributed by atoms with Gasteiger partial charge in [0.05, 0.1) is 11.8 Å². The van der Waals surface area contributed by atoms with Gasteiger partial charge in [0.15, 0.2) is 5.82 Å². The minimum Gasteiger partial charge on any atom is -0.445 e. The normalized spacial score (nSPS) is 11.2. The molecule has 2 N–H and O–H groups in total. The number of benzene rings is 1. The Hall–Kier alpha value is -3.55. The van der Waals surface area contributed by atoms with Crippen molar-refractivity contribution in [2.45, 2.75) is 20.5 Å². The highest BCUT2D eigenvalue weighted by atomic mass is 16.6. The summed E-state index contributed by atoms with van der Waals surface area (Å²) in [6.07, 6.45) is 1.50. The first-order valence-electron chi connectivity index (χ1n) is 10.1. The molecule has 0 saturated carbocycles. The topological polar surface area (TPSA) is 88.1 Å². The number of carbonyl (C=O) groups excluding carboxylic acids is 1. The minimum atomic E-state index is -0.293. The van der Waals surface area contributed by atoms with Crippen LogP contribution in [-0.2, 0) is 18.4 Å². The maximum absolute atomic E-state index is 12.1. The number of amides is 1. The van der Waals surface area contributed by atoms with Gasteiger partial charge in [0.1, 0.15) is 17.8 Å². The van der Waals surface area contributed by atoms with Gasteiger partial charge in [-0.25, -0.2) is 14.8 Å². The van der Waals surface area contributed by atoms with Crippen molar-refractivity contribution in [3.05, 3.63) is 42.2 Å². The van der Waals surface area contributed by atoms with E-state index in [0.29, 0.717) is 13.1 Å². The molecule has 8 nitrogen and oxygen atoms in total. The number of pyridine rings is 1. The molecular weight excluding hydrogens is 380 g/mol. The van der Waals surface area contributed by atoms with Crippen molar-refractivity contribution in [3.8, 4) is 11.3 Å². The van der Waals surface area contributed by atoms with Crippen LogP contribution in [-0.4, -0.2) is 50.6 Å². The average Bonchev–Trinajstić information content (AvgIpc) is 3.36. The molecule has 0 unspecified atom stereocenters. The number of rotatable bonds is 6. The Morgan fingerprint density at radius 3 is 2.80 bits per heavy atom. The first-order chi connectivity index (χ1) is 14.5. The van der Waals surface area contributed by atoms with E-state index in [1.54, 1.807) is 11.2 Å². The summed E-state index contributed by atoms with van der Waals surface area (Å²) in [6.45, 7) is 5.38. The Balaban J connectivity index is 1.66. The number of ether oxygens (including phenoxy) is 1. The number of hydrogen-bond donors (Lipinski definition) is 2. The molecule has 1 aromatic carbocycles. The molecule has 0 aliphatic rings. The Bertz CT molecular complexity index is 1210. The number of hydrogen-bond acceptors (Lipinski definition) is 5. The van der Waals surface area contributed by atoms with Crippen LogP contribution in [0.15, 0.2) is 36.7 Å². The fourth-order valence-corrected chi connectivity index (χ4v) is 3.67. The third-order valence-corrected chi connectivity index (χ3v) is 5.30. The van der Waals surface area contributed by atoms with Gasteiger partial charge in [0.2, 0.25) is 0 Å². The summed E-state index contributed by atoms with van der Waals surface area (Å²) >= 11 is 0. The van der Waals surface area contributed by atoms with Gasteiger partial charge in [-0.05, 0) is 37.1 Å². The molecule has 0 aliphatic heterocycles. The molecule has 4 aromatic rings. The van der Waals surface area contributed by atoms with Crippen molar-refractivity contribution in [2.75, 3.05) is 25.5 Å². The van der Waals surface area contributed by atoms with Crippen LogP contribution >= 0.6 is 0 Å². The standard InChI is InChI=1S/C22H26N6O2/c1-5-28(6-2)22(29)30-12-14-8-7-9-15(10-14)17-11-16-19-18(24-13-27(19)4)21(23-3)26-20(16)25-17/h7-11,13H,5-6,12H2,1-4H3,(H2,23,25,26). The van der Waals surface area contributed by atoms with E-state index in [0.717, 1.165) is 44.7 Å². The molecule has 0 aliphatic carbocycles. The number of H-pyrrole nitrogens is 1. The van der Waals surface area contributed by atoms with Crippen molar-refractivity contribution < 1.29 is 9.53 Å².